The van der Waals surface area contributed by atoms with Crippen molar-refractivity contribution in [3.05, 3.63) is 64.1 Å². The van der Waals surface area contributed by atoms with Crippen molar-refractivity contribution in [2.24, 2.45) is 5.92 Å². The van der Waals surface area contributed by atoms with Crippen molar-refractivity contribution in [3.63, 3.8) is 0 Å². The van der Waals surface area contributed by atoms with Crippen LogP contribution in [0.5, 0.6) is 0 Å². The van der Waals surface area contributed by atoms with Gasteiger partial charge in [-0.05, 0) is 67.6 Å². The number of anilines is 1. The van der Waals surface area contributed by atoms with E-state index in [-0.39, 0.29) is 23.6 Å². The van der Waals surface area contributed by atoms with E-state index in [4.69, 9.17) is 0 Å². The summed E-state index contributed by atoms with van der Waals surface area (Å²) in [6.45, 7) is 4.10. The van der Waals surface area contributed by atoms with Crippen molar-refractivity contribution in [2.45, 2.75) is 44.6 Å². The fraction of sp³-hybridized carbons (Fsp3) is 0.400. The van der Waals surface area contributed by atoms with Crippen LogP contribution < -0.4 is 10.6 Å². The van der Waals surface area contributed by atoms with E-state index in [1.807, 2.05) is 24.3 Å². The van der Waals surface area contributed by atoms with Crippen LogP contribution in [0, 0.1) is 5.92 Å². The second-order valence-electron chi connectivity index (χ2n) is 8.75. The summed E-state index contributed by atoms with van der Waals surface area (Å²) in [7, 11) is 0. The van der Waals surface area contributed by atoms with E-state index in [2.05, 4.69) is 55.7 Å². The molecule has 2 saturated heterocycles. The van der Waals surface area contributed by atoms with Crippen molar-refractivity contribution < 1.29 is 14.4 Å². The van der Waals surface area contributed by atoms with Crippen molar-refractivity contribution in [1.82, 2.24) is 10.2 Å². The Morgan fingerprint density at radius 3 is 2.47 bits per heavy atom. The first-order chi connectivity index (χ1) is 15.4. The monoisotopic (exact) mass is 497 g/mol. The molecular weight excluding hydrogens is 470 g/mol. The molecule has 7 heteroatoms. The van der Waals surface area contributed by atoms with E-state index in [9.17, 15) is 14.4 Å². The number of halogens is 1. The minimum Gasteiger partial charge on any atom is -0.326 e. The number of nitrogens with one attached hydrogen (secondary N) is 2. The maximum absolute atomic E-state index is 13.4. The summed E-state index contributed by atoms with van der Waals surface area (Å²) in [4.78, 5) is 39.7. The van der Waals surface area contributed by atoms with Crippen molar-refractivity contribution >= 4 is 39.3 Å². The second kappa shape index (κ2) is 9.55. The number of amides is 3. The number of hydrogen-bond acceptors (Lipinski definition) is 4. The average molecular weight is 498 g/mol. The second-order valence-corrected chi connectivity index (χ2v) is 9.67. The van der Waals surface area contributed by atoms with E-state index in [0.717, 1.165) is 42.5 Å². The van der Waals surface area contributed by atoms with E-state index in [0.29, 0.717) is 18.5 Å². The summed E-state index contributed by atoms with van der Waals surface area (Å²) in [6.07, 6.45) is 2.48. The zero-order chi connectivity index (χ0) is 22.7. The van der Waals surface area contributed by atoms with Crippen LogP contribution in [-0.2, 0) is 26.3 Å². The van der Waals surface area contributed by atoms with Crippen LogP contribution >= 0.6 is 15.9 Å². The summed E-state index contributed by atoms with van der Waals surface area (Å²) in [5.41, 5.74) is 1.91. The Kier molecular flexibility index (Phi) is 6.76. The Labute approximate surface area is 196 Å². The lowest BCUT2D eigenvalue weighted by Crippen LogP contribution is -2.57. The van der Waals surface area contributed by atoms with Gasteiger partial charge in [-0.25, -0.2) is 0 Å². The fourth-order valence-electron chi connectivity index (χ4n) is 5.19. The van der Waals surface area contributed by atoms with Crippen LogP contribution in [0.15, 0.2) is 53.0 Å². The third-order valence-electron chi connectivity index (χ3n) is 6.73. The molecule has 0 aromatic heterocycles. The molecule has 168 valence electrons. The van der Waals surface area contributed by atoms with Gasteiger partial charge in [0.25, 0.3) is 0 Å². The van der Waals surface area contributed by atoms with E-state index < -0.39 is 5.41 Å². The Morgan fingerprint density at radius 2 is 1.81 bits per heavy atom. The standard InChI is InChI=1S/C25H28BrN3O3/c1-17(30)27-22-5-3-2-4-21(22)25(13-10-23(31)28-24(25)32)19-11-14-29(15-12-19)16-18-6-8-20(26)9-7-18/h2-9,19H,10-16H2,1H3,(H,27,30)(H,28,31,32). The maximum Gasteiger partial charge on any atom is 0.237 e. The van der Waals surface area contributed by atoms with Crippen LogP contribution in [0.4, 0.5) is 5.69 Å². The number of carbonyl (C=O) groups excluding carboxylic acids is 3. The molecule has 2 heterocycles. The Balaban J connectivity index is 1.59. The van der Waals surface area contributed by atoms with Gasteiger partial charge in [-0.3, -0.25) is 24.6 Å². The molecule has 0 saturated carbocycles. The van der Waals surface area contributed by atoms with E-state index in [1.165, 1.54) is 12.5 Å². The van der Waals surface area contributed by atoms with Crippen LogP contribution in [0.1, 0.15) is 43.7 Å². The van der Waals surface area contributed by atoms with Gasteiger partial charge in [0.15, 0.2) is 0 Å². The molecule has 6 nitrogen and oxygen atoms in total. The molecule has 2 aliphatic heterocycles. The van der Waals surface area contributed by atoms with Gasteiger partial charge >= 0.3 is 0 Å². The quantitative estimate of drug-likeness (QED) is 0.612. The Hall–Kier alpha value is -2.51. The highest BCUT2D eigenvalue weighted by molar-refractivity contribution is 9.10. The number of rotatable bonds is 5. The summed E-state index contributed by atoms with van der Waals surface area (Å²) in [5, 5.41) is 5.49. The lowest BCUT2D eigenvalue weighted by molar-refractivity contribution is -0.140. The molecule has 3 amide bonds. The molecule has 0 bridgehead atoms. The first-order valence-electron chi connectivity index (χ1n) is 11.1. The summed E-state index contributed by atoms with van der Waals surface area (Å²) in [5.74, 6) is -0.552. The zero-order valence-corrected chi connectivity index (χ0v) is 19.8. The van der Waals surface area contributed by atoms with Gasteiger partial charge in [0, 0.05) is 30.0 Å². The summed E-state index contributed by atoms with van der Waals surface area (Å²) >= 11 is 3.48. The first-order valence-corrected chi connectivity index (χ1v) is 11.9. The third kappa shape index (κ3) is 4.64. The van der Waals surface area contributed by atoms with Crippen LogP contribution in [0.3, 0.4) is 0 Å². The molecule has 32 heavy (non-hydrogen) atoms. The summed E-state index contributed by atoms with van der Waals surface area (Å²) < 4.78 is 1.07. The molecule has 0 spiro atoms. The highest BCUT2D eigenvalue weighted by Gasteiger charge is 2.51. The predicted octanol–water partition coefficient (Wildman–Crippen LogP) is 3.99. The number of para-hydroxylation sites is 1. The highest BCUT2D eigenvalue weighted by atomic mass is 79.9. The number of piperidine rings is 2. The largest absolute Gasteiger partial charge is 0.326 e. The molecule has 2 N–H and O–H groups in total. The van der Waals surface area contributed by atoms with Gasteiger partial charge in [-0.1, -0.05) is 46.3 Å². The number of imide groups is 1. The van der Waals surface area contributed by atoms with Gasteiger partial charge in [0.1, 0.15) is 0 Å². The SMILES string of the molecule is CC(=O)Nc1ccccc1C1(C2CCN(Cc3ccc(Br)cc3)CC2)CCC(=O)NC1=O. The van der Waals surface area contributed by atoms with Crippen molar-refractivity contribution in [2.75, 3.05) is 18.4 Å². The average Bonchev–Trinajstić information content (AvgIpc) is 2.77. The van der Waals surface area contributed by atoms with Gasteiger partial charge < -0.3 is 5.32 Å². The van der Waals surface area contributed by atoms with Crippen molar-refractivity contribution in [1.29, 1.82) is 0 Å². The topological polar surface area (TPSA) is 78.5 Å². The molecule has 2 fully saturated rings. The minimum atomic E-state index is -0.823. The van der Waals surface area contributed by atoms with Gasteiger partial charge in [0.05, 0.1) is 5.41 Å². The lowest BCUT2D eigenvalue weighted by atomic mass is 9.62. The smallest absolute Gasteiger partial charge is 0.237 e. The number of carbonyl (C=O) groups is 3. The molecule has 2 aromatic carbocycles. The van der Waals surface area contributed by atoms with Gasteiger partial charge in [-0.15, -0.1) is 0 Å². The highest BCUT2D eigenvalue weighted by Crippen LogP contribution is 2.46. The Morgan fingerprint density at radius 1 is 1.12 bits per heavy atom. The van der Waals surface area contributed by atoms with Gasteiger partial charge in [0.2, 0.25) is 17.7 Å². The molecule has 1 atom stereocenters. The van der Waals surface area contributed by atoms with Crippen LogP contribution in [0.25, 0.3) is 0 Å². The van der Waals surface area contributed by atoms with Crippen LogP contribution in [0.2, 0.25) is 0 Å². The Bertz CT molecular complexity index is 1020. The number of hydrogen-bond donors (Lipinski definition) is 2. The van der Waals surface area contributed by atoms with E-state index >= 15 is 0 Å². The molecule has 0 radical (unpaired) electrons. The summed E-state index contributed by atoms with van der Waals surface area (Å²) in [6, 6.07) is 15.9. The van der Waals surface area contributed by atoms with Gasteiger partial charge in [-0.2, -0.15) is 0 Å². The maximum atomic E-state index is 13.4. The van der Waals surface area contributed by atoms with E-state index in [1.54, 1.807) is 0 Å². The van der Waals surface area contributed by atoms with Crippen molar-refractivity contribution in [3.8, 4) is 0 Å². The minimum absolute atomic E-state index is 0.0895. The molecule has 4 rings (SSSR count). The molecule has 0 aliphatic carbocycles. The molecule has 1 unspecified atom stereocenters. The number of nitrogens with zero attached hydrogens (tertiary/aromatic N) is 1. The molecule has 2 aliphatic rings. The zero-order valence-electron chi connectivity index (χ0n) is 18.2. The molecule has 2 aromatic rings. The van der Waals surface area contributed by atoms with Crippen LogP contribution in [-0.4, -0.2) is 35.7 Å². The lowest BCUT2D eigenvalue weighted by Gasteiger charge is -2.46. The normalized spacial score (nSPS) is 22.4. The third-order valence-corrected chi connectivity index (χ3v) is 7.26. The first kappa shape index (κ1) is 22.7. The molecular formula is C25H28BrN3O3. The predicted molar refractivity (Wildman–Crippen MR) is 127 cm³/mol. The fourth-order valence-corrected chi connectivity index (χ4v) is 5.46. The number of benzene rings is 2. The number of likely N-dealkylation sites (tertiary alicyclic amines) is 1.